The number of hydrogen-bond acceptors (Lipinski definition) is 3. The van der Waals surface area contributed by atoms with Gasteiger partial charge in [-0.3, -0.25) is 0 Å². The SMILES string of the molecule is C[N+](C)(C)CC1CCCCC1=NOC(=O)c1ccccc1. The summed E-state index contributed by atoms with van der Waals surface area (Å²) in [6.07, 6.45) is 4.44. The van der Waals surface area contributed by atoms with Crippen molar-refractivity contribution in [3.63, 3.8) is 0 Å². The first kappa shape index (κ1) is 15.7. The van der Waals surface area contributed by atoms with Gasteiger partial charge >= 0.3 is 5.97 Å². The maximum absolute atomic E-state index is 11.9. The summed E-state index contributed by atoms with van der Waals surface area (Å²) in [5.74, 6) is 0.0417. The average Bonchev–Trinajstić information content (AvgIpc) is 2.45. The van der Waals surface area contributed by atoms with Gasteiger partial charge in [-0.15, -0.1) is 0 Å². The molecule has 1 fully saturated rings. The predicted octanol–water partition coefficient (Wildman–Crippen LogP) is 3.10. The molecular formula is C17H25N2O2+. The molecule has 21 heavy (non-hydrogen) atoms. The van der Waals surface area contributed by atoms with Gasteiger partial charge in [0.1, 0.15) is 0 Å². The Hall–Kier alpha value is -1.68. The topological polar surface area (TPSA) is 38.7 Å². The Bertz CT molecular complexity index is 503. The van der Waals surface area contributed by atoms with Crippen LogP contribution >= 0.6 is 0 Å². The number of hydrogen-bond donors (Lipinski definition) is 0. The number of rotatable bonds is 4. The van der Waals surface area contributed by atoms with Crippen molar-refractivity contribution in [3.8, 4) is 0 Å². The molecule has 0 saturated heterocycles. The minimum absolute atomic E-state index is 0.377. The Morgan fingerprint density at radius 2 is 1.95 bits per heavy atom. The summed E-state index contributed by atoms with van der Waals surface area (Å²) in [6, 6.07) is 9.01. The molecule has 0 aliphatic heterocycles. The van der Waals surface area contributed by atoms with E-state index in [2.05, 4.69) is 26.3 Å². The Labute approximate surface area is 127 Å². The second kappa shape index (κ2) is 6.85. The summed E-state index contributed by atoms with van der Waals surface area (Å²) < 4.78 is 0.899. The summed E-state index contributed by atoms with van der Waals surface area (Å²) in [5, 5.41) is 4.18. The number of carbonyl (C=O) groups is 1. The van der Waals surface area contributed by atoms with Gasteiger partial charge in [0.2, 0.25) is 0 Å². The highest BCUT2D eigenvalue weighted by atomic mass is 16.7. The zero-order chi connectivity index (χ0) is 15.3. The van der Waals surface area contributed by atoms with Gasteiger partial charge in [0, 0.05) is 5.92 Å². The molecule has 1 saturated carbocycles. The highest BCUT2D eigenvalue weighted by Crippen LogP contribution is 2.24. The van der Waals surface area contributed by atoms with E-state index in [4.69, 9.17) is 4.84 Å². The van der Waals surface area contributed by atoms with Crippen molar-refractivity contribution in [1.29, 1.82) is 0 Å². The monoisotopic (exact) mass is 289 g/mol. The van der Waals surface area contributed by atoms with Crippen molar-refractivity contribution >= 4 is 11.7 Å². The van der Waals surface area contributed by atoms with E-state index in [9.17, 15) is 4.79 Å². The molecule has 0 aromatic heterocycles. The minimum Gasteiger partial charge on any atom is -0.330 e. The third kappa shape index (κ3) is 4.97. The molecule has 114 valence electrons. The Morgan fingerprint density at radius 3 is 2.62 bits per heavy atom. The van der Waals surface area contributed by atoms with Crippen LogP contribution in [-0.2, 0) is 4.84 Å². The number of oxime groups is 1. The van der Waals surface area contributed by atoms with Crippen LogP contribution in [0.4, 0.5) is 0 Å². The maximum Gasteiger partial charge on any atom is 0.365 e. The number of carbonyl (C=O) groups excluding carboxylic acids is 1. The molecule has 0 spiro atoms. The molecule has 1 atom stereocenters. The lowest BCUT2D eigenvalue weighted by molar-refractivity contribution is -0.872. The van der Waals surface area contributed by atoms with Crippen LogP contribution in [0.2, 0.25) is 0 Å². The van der Waals surface area contributed by atoms with Gasteiger partial charge in [-0.1, -0.05) is 29.8 Å². The molecule has 4 nitrogen and oxygen atoms in total. The Kier molecular flexibility index (Phi) is 5.12. The normalized spacial score (nSPS) is 21.3. The highest BCUT2D eigenvalue weighted by molar-refractivity contribution is 5.91. The van der Waals surface area contributed by atoms with Crippen molar-refractivity contribution < 1.29 is 14.1 Å². The summed E-state index contributed by atoms with van der Waals surface area (Å²) in [5.41, 5.74) is 1.58. The zero-order valence-corrected chi connectivity index (χ0v) is 13.2. The van der Waals surface area contributed by atoms with Gasteiger partial charge in [0.05, 0.1) is 39.0 Å². The summed E-state index contributed by atoms with van der Waals surface area (Å²) in [6.45, 7) is 1.03. The maximum atomic E-state index is 11.9. The second-order valence-electron chi connectivity index (χ2n) is 6.74. The fourth-order valence-electron chi connectivity index (χ4n) is 2.77. The van der Waals surface area contributed by atoms with Gasteiger partial charge in [-0.2, -0.15) is 0 Å². The first-order valence-electron chi connectivity index (χ1n) is 7.59. The van der Waals surface area contributed by atoms with E-state index in [1.807, 2.05) is 18.2 Å². The van der Waals surface area contributed by atoms with Gasteiger partial charge in [-0.25, -0.2) is 4.79 Å². The van der Waals surface area contributed by atoms with Gasteiger partial charge in [-0.05, 0) is 31.4 Å². The molecule has 1 aromatic rings. The van der Waals surface area contributed by atoms with Crippen LogP contribution in [0, 0.1) is 5.92 Å². The average molecular weight is 289 g/mol. The van der Waals surface area contributed by atoms with Crippen molar-refractivity contribution in [3.05, 3.63) is 35.9 Å². The molecule has 0 amide bonds. The van der Waals surface area contributed by atoms with Crippen molar-refractivity contribution in [2.24, 2.45) is 11.1 Å². The van der Waals surface area contributed by atoms with Crippen LogP contribution in [0.15, 0.2) is 35.5 Å². The lowest BCUT2D eigenvalue weighted by Crippen LogP contribution is -2.42. The minimum atomic E-state index is -0.377. The molecule has 1 aliphatic rings. The van der Waals surface area contributed by atoms with Gasteiger partial charge in [0.25, 0.3) is 0 Å². The molecule has 1 aromatic carbocycles. The van der Waals surface area contributed by atoms with Gasteiger partial charge < -0.3 is 9.32 Å². The molecule has 2 rings (SSSR count). The molecule has 4 heteroatoms. The molecular weight excluding hydrogens is 264 g/mol. The van der Waals surface area contributed by atoms with Crippen molar-refractivity contribution in [2.45, 2.75) is 25.7 Å². The fourth-order valence-corrected chi connectivity index (χ4v) is 2.77. The lowest BCUT2D eigenvalue weighted by atomic mass is 9.86. The Balaban J connectivity index is 2.02. The number of nitrogens with zero attached hydrogens (tertiary/aromatic N) is 2. The first-order valence-corrected chi connectivity index (χ1v) is 7.59. The second-order valence-corrected chi connectivity index (χ2v) is 6.74. The van der Waals surface area contributed by atoms with E-state index in [0.717, 1.165) is 36.0 Å². The highest BCUT2D eigenvalue weighted by Gasteiger charge is 2.27. The summed E-state index contributed by atoms with van der Waals surface area (Å²) in [7, 11) is 6.55. The van der Waals surface area contributed by atoms with Crippen LogP contribution in [0.1, 0.15) is 36.0 Å². The van der Waals surface area contributed by atoms with E-state index >= 15 is 0 Å². The first-order chi connectivity index (χ1) is 9.96. The smallest absolute Gasteiger partial charge is 0.330 e. The summed E-state index contributed by atoms with van der Waals surface area (Å²) in [4.78, 5) is 17.1. The predicted molar refractivity (Wildman–Crippen MR) is 84.1 cm³/mol. The molecule has 0 bridgehead atoms. The quantitative estimate of drug-likeness (QED) is 0.485. The van der Waals surface area contributed by atoms with E-state index in [0.29, 0.717) is 11.5 Å². The largest absolute Gasteiger partial charge is 0.365 e. The van der Waals surface area contributed by atoms with E-state index in [1.54, 1.807) is 12.1 Å². The number of quaternary nitrogens is 1. The van der Waals surface area contributed by atoms with E-state index in [-0.39, 0.29) is 5.97 Å². The third-order valence-corrected chi connectivity index (χ3v) is 3.73. The lowest BCUT2D eigenvalue weighted by Gasteiger charge is -2.31. The molecule has 0 radical (unpaired) electrons. The van der Waals surface area contributed by atoms with Crippen LogP contribution in [0.5, 0.6) is 0 Å². The molecule has 0 heterocycles. The zero-order valence-electron chi connectivity index (χ0n) is 13.2. The standard InChI is InChI=1S/C17H25N2O2/c1-19(2,3)13-15-11-7-8-12-16(15)18-21-17(20)14-9-5-4-6-10-14/h4-6,9-10,15H,7-8,11-13H2,1-3H3/q+1. The van der Waals surface area contributed by atoms with E-state index in [1.165, 1.54) is 6.42 Å². The van der Waals surface area contributed by atoms with Crippen LogP contribution < -0.4 is 0 Å². The van der Waals surface area contributed by atoms with Crippen molar-refractivity contribution in [1.82, 2.24) is 0 Å². The number of benzene rings is 1. The molecule has 0 N–H and O–H groups in total. The Morgan fingerprint density at radius 1 is 1.24 bits per heavy atom. The van der Waals surface area contributed by atoms with E-state index < -0.39 is 0 Å². The van der Waals surface area contributed by atoms with Crippen molar-refractivity contribution in [2.75, 3.05) is 27.7 Å². The summed E-state index contributed by atoms with van der Waals surface area (Å²) >= 11 is 0. The van der Waals surface area contributed by atoms with Crippen LogP contribution in [0.25, 0.3) is 0 Å². The third-order valence-electron chi connectivity index (χ3n) is 3.73. The van der Waals surface area contributed by atoms with Gasteiger partial charge in [0.15, 0.2) is 0 Å². The van der Waals surface area contributed by atoms with Crippen LogP contribution in [0.3, 0.4) is 0 Å². The fraction of sp³-hybridized carbons (Fsp3) is 0.529. The van der Waals surface area contributed by atoms with Crippen LogP contribution in [-0.4, -0.2) is 43.9 Å². The molecule has 1 unspecified atom stereocenters. The molecule has 1 aliphatic carbocycles.